The van der Waals surface area contributed by atoms with Crippen LogP contribution >= 0.6 is 0 Å². The Bertz CT molecular complexity index is 1090. The average molecular weight is 470 g/mol. The highest BCUT2D eigenvalue weighted by atomic mass is 19.1. The number of piperidine rings is 1. The van der Waals surface area contributed by atoms with Crippen LogP contribution < -0.4 is 10.7 Å². The molecule has 0 aliphatic carbocycles. The van der Waals surface area contributed by atoms with Gasteiger partial charge in [0.05, 0.1) is 6.10 Å². The summed E-state index contributed by atoms with van der Waals surface area (Å²) in [4.78, 5) is 41.1. The van der Waals surface area contributed by atoms with Gasteiger partial charge in [0, 0.05) is 45.2 Å². The third kappa shape index (κ3) is 5.91. The van der Waals surface area contributed by atoms with E-state index in [1.54, 1.807) is 27.8 Å². The largest absolute Gasteiger partial charge is 0.376 e. The van der Waals surface area contributed by atoms with Crippen LogP contribution in [0.15, 0.2) is 41.5 Å². The molecule has 1 aromatic heterocycles. The van der Waals surface area contributed by atoms with Gasteiger partial charge in [-0.3, -0.25) is 14.4 Å². The van der Waals surface area contributed by atoms with Crippen LogP contribution in [0.1, 0.15) is 58.9 Å². The van der Waals surface area contributed by atoms with Gasteiger partial charge in [0.15, 0.2) is 0 Å². The molecule has 7 nitrogen and oxygen atoms in total. The van der Waals surface area contributed by atoms with Crippen molar-refractivity contribution < 1.29 is 18.7 Å². The molecule has 1 aromatic carbocycles. The molecule has 0 saturated carbocycles. The van der Waals surface area contributed by atoms with E-state index in [1.807, 2.05) is 0 Å². The highest BCUT2D eigenvalue weighted by Gasteiger charge is 2.27. The fourth-order valence-electron chi connectivity index (χ4n) is 4.56. The first-order chi connectivity index (χ1) is 16.4. The minimum absolute atomic E-state index is 0.00909. The summed E-state index contributed by atoms with van der Waals surface area (Å²) in [5.41, 5.74) is 0.147. The van der Waals surface area contributed by atoms with Crippen molar-refractivity contribution >= 4 is 11.8 Å². The number of pyridine rings is 1. The van der Waals surface area contributed by atoms with E-state index in [4.69, 9.17) is 4.74 Å². The van der Waals surface area contributed by atoms with Gasteiger partial charge in [-0.15, -0.1) is 0 Å². The lowest BCUT2D eigenvalue weighted by molar-refractivity contribution is 0.0693. The topological polar surface area (TPSA) is 80.6 Å². The van der Waals surface area contributed by atoms with Gasteiger partial charge in [-0.25, -0.2) is 4.39 Å². The van der Waals surface area contributed by atoms with Gasteiger partial charge in [0.2, 0.25) is 5.43 Å². The summed E-state index contributed by atoms with van der Waals surface area (Å²) >= 11 is 0. The van der Waals surface area contributed by atoms with Crippen LogP contribution in [-0.2, 0) is 17.7 Å². The number of carbonyl (C=O) groups is 2. The lowest BCUT2D eigenvalue weighted by atomic mass is 9.98. The molecule has 2 aromatic rings. The molecule has 182 valence electrons. The summed E-state index contributed by atoms with van der Waals surface area (Å²) in [5, 5.41) is 2.75. The van der Waals surface area contributed by atoms with Crippen LogP contribution in [0.5, 0.6) is 0 Å². The van der Waals surface area contributed by atoms with Crippen molar-refractivity contribution in [2.45, 2.75) is 51.7 Å². The van der Waals surface area contributed by atoms with Crippen molar-refractivity contribution in [3.8, 4) is 0 Å². The van der Waals surface area contributed by atoms with Crippen molar-refractivity contribution in [1.82, 2.24) is 14.8 Å². The standard InChI is InChI=1S/C26H32FN3O4/c1-18-8-11-30(12-9-18)26(33)23-17-29(15-21-6-3-13-34-21)16-22(24(23)31)25(32)28-10-7-19-4-2-5-20(27)14-19/h2,4-5,14,16-18,21H,3,6-13,15H2,1H3,(H,28,32)/t21-/m1/s1. The van der Waals surface area contributed by atoms with Crippen molar-refractivity contribution in [1.29, 1.82) is 0 Å². The maximum atomic E-state index is 13.4. The van der Waals surface area contributed by atoms with Crippen molar-refractivity contribution in [2.24, 2.45) is 5.92 Å². The zero-order chi connectivity index (χ0) is 24.1. The predicted molar refractivity (Wildman–Crippen MR) is 126 cm³/mol. The SMILES string of the molecule is CC1CCN(C(=O)c2cn(C[C@H]3CCCO3)cc(C(=O)NCCc3cccc(F)c3)c2=O)CC1. The number of aromatic nitrogens is 1. The Morgan fingerprint density at radius 2 is 1.91 bits per heavy atom. The van der Waals surface area contributed by atoms with Crippen molar-refractivity contribution in [3.05, 3.63) is 69.4 Å². The van der Waals surface area contributed by atoms with Gasteiger partial charge in [-0.2, -0.15) is 0 Å². The molecule has 2 aliphatic rings. The van der Waals surface area contributed by atoms with Crippen LogP contribution in [0, 0.1) is 11.7 Å². The maximum absolute atomic E-state index is 13.4. The highest BCUT2D eigenvalue weighted by molar-refractivity contribution is 5.99. The monoisotopic (exact) mass is 469 g/mol. The van der Waals surface area contributed by atoms with E-state index in [-0.39, 0.29) is 35.5 Å². The summed E-state index contributed by atoms with van der Waals surface area (Å²) in [7, 11) is 0. The van der Waals surface area contributed by atoms with Crippen molar-refractivity contribution in [2.75, 3.05) is 26.2 Å². The van der Waals surface area contributed by atoms with E-state index >= 15 is 0 Å². The lowest BCUT2D eigenvalue weighted by Crippen LogP contribution is -2.41. The zero-order valence-corrected chi connectivity index (χ0v) is 19.6. The van der Waals surface area contributed by atoms with E-state index in [0.29, 0.717) is 38.6 Å². The number of halogens is 1. The van der Waals surface area contributed by atoms with Crippen LogP contribution in [0.4, 0.5) is 4.39 Å². The van der Waals surface area contributed by atoms with Crippen molar-refractivity contribution in [3.63, 3.8) is 0 Å². The minimum Gasteiger partial charge on any atom is -0.376 e. The van der Waals surface area contributed by atoms with Crippen LogP contribution in [-0.4, -0.2) is 53.6 Å². The second-order valence-corrected chi connectivity index (χ2v) is 9.36. The Morgan fingerprint density at radius 3 is 2.62 bits per heavy atom. The normalized spacial score (nSPS) is 18.8. The van der Waals surface area contributed by atoms with Crippen LogP contribution in [0.25, 0.3) is 0 Å². The number of carbonyl (C=O) groups excluding carboxylic acids is 2. The molecular weight excluding hydrogens is 437 g/mol. The van der Waals surface area contributed by atoms with Gasteiger partial charge in [0.1, 0.15) is 16.9 Å². The van der Waals surface area contributed by atoms with Gasteiger partial charge >= 0.3 is 0 Å². The first-order valence-electron chi connectivity index (χ1n) is 12.1. The predicted octanol–water partition coefficient (Wildman–Crippen LogP) is 3.01. The first kappa shape index (κ1) is 24.1. The summed E-state index contributed by atoms with van der Waals surface area (Å²) in [6.45, 7) is 4.78. The molecule has 1 atom stereocenters. The van der Waals surface area contributed by atoms with E-state index in [0.717, 1.165) is 31.2 Å². The fraction of sp³-hybridized carbons (Fsp3) is 0.500. The maximum Gasteiger partial charge on any atom is 0.259 e. The van der Waals surface area contributed by atoms with Crippen LogP contribution in [0.2, 0.25) is 0 Å². The fourth-order valence-corrected chi connectivity index (χ4v) is 4.56. The number of nitrogens with zero attached hydrogens (tertiary/aromatic N) is 2. The Labute approximate surface area is 198 Å². The quantitative estimate of drug-likeness (QED) is 0.676. The number of likely N-dealkylation sites (tertiary alicyclic amines) is 1. The van der Waals surface area contributed by atoms with Gasteiger partial charge < -0.3 is 19.5 Å². The van der Waals surface area contributed by atoms with Gasteiger partial charge in [-0.1, -0.05) is 19.1 Å². The number of rotatable bonds is 7. The van der Waals surface area contributed by atoms with Gasteiger partial charge in [0.25, 0.3) is 11.8 Å². The van der Waals surface area contributed by atoms with Crippen LogP contribution in [0.3, 0.4) is 0 Å². The van der Waals surface area contributed by atoms with E-state index < -0.39 is 11.3 Å². The zero-order valence-electron chi connectivity index (χ0n) is 19.6. The number of hydrogen-bond donors (Lipinski definition) is 1. The number of amides is 2. The molecule has 0 bridgehead atoms. The molecule has 3 heterocycles. The molecule has 1 N–H and O–H groups in total. The minimum atomic E-state index is -0.560. The summed E-state index contributed by atoms with van der Waals surface area (Å²) in [6, 6.07) is 6.18. The molecule has 8 heteroatoms. The molecule has 2 fully saturated rings. The van der Waals surface area contributed by atoms with Gasteiger partial charge in [-0.05, 0) is 55.7 Å². The molecule has 0 radical (unpaired) electrons. The summed E-state index contributed by atoms with van der Waals surface area (Å²) in [5.74, 6) is -0.647. The Hall–Kier alpha value is -3.00. The molecule has 0 spiro atoms. The third-order valence-corrected chi connectivity index (χ3v) is 6.65. The molecule has 34 heavy (non-hydrogen) atoms. The summed E-state index contributed by atoms with van der Waals surface area (Å²) in [6.07, 6.45) is 7.16. The third-order valence-electron chi connectivity index (χ3n) is 6.65. The summed E-state index contributed by atoms with van der Waals surface area (Å²) < 4.78 is 20.8. The highest BCUT2D eigenvalue weighted by Crippen LogP contribution is 2.18. The molecule has 2 amide bonds. The van der Waals surface area contributed by atoms with E-state index in [9.17, 15) is 18.8 Å². The second kappa shape index (κ2) is 11.0. The molecule has 2 saturated heterocycles. The Balaban J connectivity index is 1.54. The Morgan fingerprint density at radius 1 is 1.15 bits per heavy atom. The molecule has 0 unspecified atom stereocenters. The molecule has 2 aliphatic heterocycles. The second-order valence-electron chi connectivity index (χ2n) is 9.36. The lowest BCUT2D eigenvalue weighted by Gasteiger charge is -2.30. The molecular formula is C26H32FN3O4. The Kier molecular flexibility index (Phi) is 7.77. The number of benzene rings is 1. The molecule has 4 rings (SSSR count). The van der Waals surface area contributed by atoms with E-state index in [1.165, 1.54) is 18.3 Å². The number of nitrogens with one attached hydrogen (secondary N) is 1. The smallest absolute Gasteiger partial charge is 0.259 e. The average Bonchev–Trinajstić information content (AvgIpc) is 3.33. The number of hydrogen-bond acceptors (Lipinski definition) is 4. The number of ether oxygens (including phenoxy) is 1. The first-order valence-corrected chi connectivity index (χ1v) is 12.1. The van der Waals surface area contributed by atoms with E-state index in [2.05, 4.69) is 12.2 Å².